The smallest absolute Gasteiger partial charge is 0.263 e. The summed E-state index contributed by atoms with van der Waals surface area (Å²) in [6, 6.07) is 7.26. The number of anilines is 1. The van der Waals surface area contributed by atoms with Crippen LogP contribution in [0.15, 0.2) is 30.0 Å². The van der Waals surface area contributed by atoms with E-state index in [1.54, 1.807) is 18.2 Å². The van der Waals surface area contributed by atoms with Gasteiger partial charge in [0.25, 0.3) is 5.91 Å². The number of nitrogens with zero attached hydrogens (tertiary/aromatic N) is 1. The largest absolute Gasteiger partial charge is 0.490 e. The first-order valence-electron chi connectivity index (χ1n) is 8.84. The maximum absolute atomic E-state index is 12.1. The van der Waals surface area contributed by atoms with Crippen molar-refractivity contribution >= 4 is 11.6 Å². The molecule has 2 rings (SSSR count). The van der Waals surface area contributed by atoms with Gasteiger partial charge in [-0.3, -0.25) is 4.79 Å². The van der Waals surface area contributed by atoms with Crippen LogP contribution in [0.4, 0.5) is 5.69 Å². The van der Waals surface area contributed by atoms with E-state index in [4.69, 9.17) is 14.2 Å². The van der Waals surface area contributed by atoms with Crippen LogP contribution < -0.4 is 20.1 Å². The maximum Gasteiger partial charge on any atom is 0.263 e. The number of nitriles is 1. The molecule has 0 aromatic heterocycles. The predicted octanol–water partition coefficient (Wildman–Crippen LogP) is 2.60. The lowest BCUT2D eigenvalue weighted by molar-refractivity contribution is -0.117. The first kappa shape index (κ1) is 19.6. The van der Waals surface area contributed by atoms with E-state index in [2.05, 4.69) is 10.6 Å². The van der Waals surface area contributed by atoms with Crippen molar-refractivity contribution in [2.45, 2.75) is 32.8 Å². The van der Waals surface area contributed by atoms with Crippen LogP contribution in [0.1, 0.15) is 26.7 Å². The second-order valence-electron chi connectivity index (χ2n) is 5.69. The molecular weight excluding hydrogens is 334 g/mol. The Morgan fingerprint density at radius 3 is 2.77 bits per heavy atom. The van der Waals surface area contributed by atoms with Gasteiger partial charge in [0, 0.05) is 31.1 Å². The van der Waals surface area contributed by atoms with E-state index in [0.29, 0.717) is 36.9 Å². The highest BCUT2D eigenvalue weighted by Gasteiger charge is 2.17. The number of benzene rings is 1. The molecule has 1 amide bonds. The highest BCUT2D eigenvalue weighted by molar-refractivity contribution is 5.97. The fraction of sp³-hybridized carbons (Fsp3) is 0.474. The Balaban J connectivity index is 1.99. The van der Waals surface area contributed by atoms with Crippen LogP contribution in [0.5, 0.6) is 11.5 Å². The SMILES string of the molecule is CCOc1ccc(N/C=C(/C#N)C(=O)NCC2CCCO2)cc1OCC. The summed E-state index contributed by atoms with van der Waals surface area (Å²) < 4.78 is 16.5. The van der Waals surface area contributed by atoms with E-state index < -0.39 is 5.91 Å². The molecule has 1 aromatic carbocycles. The minimum atomic E-state index is -0.425. The molecule has 7 nitrogen and oxygen atoms in total. The summed E-state index contributed by atoms with van der Waals surface area (Å²) in [5.74, 6) is 0.833. The standard InChI is InChI=1S/C19H25N3O4/c1-3-24-17-8-7-15(10-18(17)25-4-2)21-12-14(11-20)19(23)22-13-16-6-5-9-26-16/h7-8,10,12,16,21H,3-6,9,13H2,1-2H3,(H,22,23)/b14-12-. The fourth-order valence-electron chi connectivity index (χ4n) is 2.55. The number of carbonyl (C=O) groups excluding carboxylic acids is 1. The quantitative estimate of drug-likeness (QED) is 0.520. The molecule has 1 heterocycles. The van der Waals surface area contributed by atoms with Crippen molar-refractivity contribution in [2.24, 2.45) is 0 Å². The van der Waals surface area contributed by atoms with E-state index in [1.807, 2.05) is 19.9 Å². The van der Waals surface area contributed by atoms with Crippen molar-refractivity contribution in [3.05, 3.63) is 30.0 Å². The zero-order chi connectivity index (χ0) is 18.8. The molecule has 1 aromatic rings. The molecule has 0 radical (unpaired) electrons. The number of amides is 1. The summed E-state index contributed by atoms with van der Waals surface area (Å²) in [6.07, 6.45) is 3.35. The van der Waals surface area contributed by atoms with Gasteiger partial charge in [0.2, 0.25) is 0 Å². The molecule has 0 saturated carbocycles. The maximum atomic E-state index is 12.1. The van der Waals surface area contributed by atoms with Gasteiger partial charge in [-0.1, -0.05) is 0 Å². The summed E-state index contributed by atoms with van der Waals surface area (Å²) in [7, 11) is 0. The minimum Gasteiger partial charge on any atom is -0.490 e. The van der Waals surface area contributed by atoms with E-state index in [9.17, 15) is 10.1 Å². The van der Waals surface area contributed by atoms with Crippen LogP contribution in [0.25, 0.3) is 0 Å². The number of ether oxygens (including phenoxy) is 3. The normalized spacial score (nSPS) is 16.7. The monoisotopic (exact) mass is 359 g/mol. The van der Waals surface area contributed by atoms with Gasteiger partial charge in [0.1, 0.15) is 11.6 Å². The number of nitrogens with one attached hydrogen (secondary N) is 2. The first-order chi connectivity index (χ1) is 12.7. The molecule has 1 aliphatic heterocycles. The van der Waals surface area contributed by atoms with Crippen LogP contribution in [-0.2, 0) is 9.53 Å². The topological polar surface area (TPSA) is 92.6 Å². The van der Waals surface area contributed by atoms with Crippen molar-refractivity contribution < 1.29 is 19.0 Å². The van der Waals surface area contributed by atoms with Gasteiger partial charge < -0.3 is 24.8 Å². The van der Waals surface area contributed by atoms with Crippen molar-refractivity contribution in [1.82, 2.24) is 5.32 Å². The predicted molar refractivity (Wildman–Crippen MR) is 98.1 cm³/mol. The van der Waals surface area contributed by atoms with Crippen LogP contribution in [0, 0.1) is 11.3 Å². The average Bonchev–Trinajstić information content (AvgIpc) is 3.16. The number of hydrogen-bond acceptors (Lipinski definition) is 6. The first-order valence-corrected chi connectivity index (χ1v) is 8.84. The third-order valence-electron chi connectivity index (χ3n) is 3.81. The molecule has 140 valence electrons. The van der Waals surface area contributed by atoms with Crippen LogP contribution in [0.3, 0.4) is 0 Å². The molecule has 1 atom stereocenters. The van der Waals surface area contributed by atoms with Gasteiger partial charge >= 0.3 is 0 Å². The molecule has 1 saturated heterocycles. The van der Waals surface area contributed by atoms with Gasteiger partial charge in [0.15, 0.2) is 11.5 Å². The van der Waals surface area contributed by atoms with Gasteiger partial charge in [-0.05, 0) is 38.8 Å². The summed E-state index contributed by atoms with van der Waals surface area (Å²) in [6.45, 7) is 5.98. The number of carbonyl (C=O) groups is 1. The van der Waals surface area contributed by atoms with Crippen LogP contribution in [-0.4, -0.2) is 38.4 Å². The summed E-state index contributed by atoms with van der Waals surface area (Å²) >= 11 is 0. The van der Waals surface area contributed by atoms with Crippen molar-refractivity contribution in [2.75, 3.05) is 31.7 Å². The Hall–Kier alpha value is -2.72. The molecule has 7 heteroatoms. The fourth-order valence-corrected chi connectivity index (χ4v) is 2.55. The van der Waals surface area contributed by atoms with E-state index in [-0.39, 0.29) is 11.7 Å². The molecule has 0 bridgehead atoms. The van der Waals surface area contributed by atoms with Gasteiger partial charge in [0.05, 0.1) is 19.3 Å². The Kier molecular flexibility index (Phi) is 7.77. The molecule has 1 unspecified atom stereocenters. The van der Waals surface area contributed by atoms with Gasteiger partial charge in [-0.2, -0.15) is 5.26 Å². The molecule has 2 N–H and O–H groups in total. The highest BCUT2D eigenvalue weighted by atomic mass is 16.5. The van der Waals surface area contributed by atoms with Crippen LogP contribution in [0.2, 0.25) is 0 Å². The van der Waals surface area contributed by atoms with E-state index in [1.165, 1.54) is 6.20 Å². The summed E-state index contributed by atoms with van der Waals surface area (Å²) in [4.78, 5) is 12.1. The lowest BCUT2D eigenvalue weighted by Crippen LogP contribution is -2.32. The summed E-state index contributed by atoms with van der Waals surface area (Å²) in [5.41, 5.74) is 0.687. The van der Waals surface area contributed by atoms with Crippen molar-refractivity contribution in [3.63, 3.8) is 0 Å². The summed E-state index contributed by atoms with van der Waals surface area (Å²) in [5, 5.41) is 14.9. The van der Waals surface area contributed by atoms with Gasteiger partial charge in [-0.15, -0.1) is 0 Å². The number of hydrogen-bond donors (Lipinski definition) is 2. The Morgan fingerprint density at radius 1 is 1.35 bits per heavy atom. The molecule has 1 aliphatic rings. The molecule has 0 aliphatic carbocycles. The lowest BCUT2D eigenvalue weighted by Gasteiger charge is -2.13. The zero-order valence-electron chi connectivity index (χ0n) is 15.2. The van der Waals surface area contributed by atoms with E-state index in [0.717, 1.165) is 19.4 Å². The lowest BCUT2D eigenvalue weighted by atomic mass is 10.2. The molecule has 26 heavy (non-hydrogen) atoms. The molecule has 1 fully saturated rings. The molecular formula is C19H25N3O4. The third kappa shape index (κ3) is 5.67. The second kappa shape index (κ2) is 10.3. The second-order valence-corrected chi connectivity index (χ2v) is 5.69. The Bertz CT molecular complexity index is 676. The van der Waals surface area contributed by atoms with Crippen LogP contribution >= 0.6 is 0 Å². The Morgan fingerprint density at radius 2 is 2.12 bits per heavy atom. The zero-order valence-corrected chi connectivity index (χ0v) is 15.2. The minimum absolute atomic E-state index is 0.00478. The van der Waals surface area contributed by atoms with Crippen molar-refractivity contribution in [1.29, 1.82) is 5.26 Å². The van der Waals surface area contributed by atoms with Crippen molar-refractivity contribution in [3.8, 4) is 17.6 Å². The average molecular weight is 359 g/mol. The molecule has 0 spiro atoms. The number of rotatable bonds is 9. The third-order valence-corrected chi connectivity index (χ3v) is 3.81. The van der Waals surface area contributed by atoms with Gasteiger partial charge in [-0.25, -0.2) is 0 Å². The Labute approximate surface area is 153 Å². The van der Waals surface area contributed by atoms with E-state index >= 15 is 0 Å². The highest BCUT2D eigenvalue weighted by Crippen LogP contribution is 2.30.